The second-order valence-electron chi connectivity index (χ2n) is 13.7. The molecule has 1 aliphatic rings. The molecule has 0 radical (unpaired) electrons. The normalized spacial score (nSPS) is 12.9. The Balaban J connectivity index is 0.000000366. The minimum Gasteiger partial charge on any atom is -0.465 e. The van der Waals surface area contributed by atoms with Crippen LogP contribution in [0.2, 0.25) is 0 Å². The number of thiocarbonyl (C=S) groups is 2. The first-order valence-electron chi connectivity index (χ1n) is 17.6. The van der Waals surface area contributed by atoms with Gasteiger partial charge < -0.3 is 25.4 Å². The van der Waals surface area contributed by atoms with Crippen molar-refractivity contribution in [1.82, 2.24) is 9.97 Å². The summed E-state index contributed by atoms with van der Waals surface area (Å²) in [5.74, 6) is -3.94. The smallest absolute Gasteiger partial charge is 0.419 e. The van der Waals surface area contributed by atoms with Crippen LogP contribution in [-0.2, 0) is 26.6 Å². The van der Waals surface area contributed by atoms with Gasteiger partial charge in [0.2, 0.25) is 0 Å². The number of rotatable bonds is 6. The van der Waals surface area contributed by atoms with Gasteiger partial charge in [-0.1, -0.05) is 35.4 Å². The van der Waals surface area contributed by atoms with E-state index in [9.17, 15) is 49.5 Å². The molecule has 66 heavy (non-hydrogen) atoms. The maximum atomic E-state index is 14.5. The number of ether oxygens (including phenoxy) is 2. The highest BCUT2D eigenvalue weighted by molar-refractivity contribution is 7.86. The standard InChI is InChI=1S/C20H14F4N4O3S.C12H13FN2O2.C7H4F3N3.CCl2S/c1-19(2)17(30)27(11-6-13(20(22,23)24)15(8-25)26-9-11)18(32)28(19)10-4-5-12(14(21)7-10)16(29)31-3;1-12(2,7-14)15-8-4-5-9(10(13)6-8)11(16)17-3;8-7(9,10)5-1-4(12)3-13-6(5)2-11;2-1(3)4/h4-7,9H,1-3H3;4-6,15H,1-3H3;1,3H,12H2;. The highest BCUT2D eigenvalue weighted by Gasteiger charge is 2.51. The predicted molar refractivity (Wildman–Crippen MR) is 232 cm³/mol. The third-order valence-electron chi connectivity index (χ3n) is 8.26. The number of nitriles is 3. The maximum absolute atomic E-state index is 14.5. The number of esters is 2. The topological polar surface area (TPSA) is 211 Å². The molecule has 4 aromatic rings. The van der Waals surface area contributed by atoms with Crippen molar-refractivity contribution in [2.75, 3.05) is 35.1 Å². The van der Waals surface area contributed by atoms with Gasteiger partial charge in [-0.3, -0.25) is 9.69 Å². The Kier molecular flexibility index (Phi) is 18.8. The molecule has 14 nitrogen and oxygen atoms in total. The second kappa shape index (κ2) is 22.4. The second-order valence-corrected chi connectivity index (χ2v) is 15.9. The molecule has 0 unspecified atom stereocenters. The van der Waals surface area contributed by atoms with Crippen molar-refractivity contribution in [3.63, 3.8) is 0 Å². The summed E-state index contributed by atoms with van der Waals surface area (Å²) in [4.78, 5) is 44.7. The van der Waals surface area contributed by atoms with E-state index in [0.29, 0.717) is 17.8 Å². The van der Waals surface area contributed by atoms with Gasteiger partial charge in [-0.05, 0) is 88.4 Å². The summed E-state index contributed by atoms with van der Waals surface area (Å²) in [6, 6.07) is 13.5. The Morgan fingerprint density at radius 1 is 0.803 bits per heavy atom. The fraction of sp³-hybridized carbons (Fsp3) is 0.250. The number of nitrogen functional groups attached to an aromatic ring is 1. The fourth-order valence-electron chi connectivity index (χ4n) is 5.30. The van der Waals surface area contributed by atoms with Crippen LogP contribution in [0.1, 0.15) is 70.9 Å². The molecule has 3 N–H and O–H groups in total. The molecule has 0 aliphatic carbocycles. The number of aromatic nitrogens is 2. The van der Waals surface area contributed by atoms with Crippen molar-refractivity contribution in [1.29, 1.82) is 15.8 Å². The predicted octanol–water partition coefficient (Wildman–Crippen LogP) is 9.44. The first kappa shape index (κ1) is 55.4. The Labute approximate surface area is 391 Å². The summed E-state index contributed by atoms with van der Waals surface area (Å²) >= 11 is 19.0. The number of nitrogens with two attached hydrogens (primary N) is 1. The molecular formula is C40H31Cl2F8N9O5S2. The van der Waals surface area contributed by atoms with Crippen LogP contribution in [0.15, 0.2) is 60.9 Å². The zero-order valence-corrected chi connectivity index (χ0v) is 37.8. The van der Waals surface area contributed by atoms with Crippen LogP contribution >= 0.6 is 47.6 Å². The first-order chi connectivity index (χ1) is 30.4. The van der Waals surface area contributed by atoms with Gasteiger partial charge in [0.15, 0.2) is 20.3 Å². The molecule has 348 valence electrons. The van der Waals surface area contributed by atoms with Crippen molar-refractivity contribution in [2.45, 2.75) is 51.1 Å². The lowest BCUT2D eigenvalue weighted by Crippen LogP contribution is -2.44. The van der Waals surface area contributed by atoms with Crippen LogP contribution in [-0.4, -0.2) is 62.0 Å². The lowest BCUT2D eigenvalue weighted by molar-refractivity contribution is -0.138. The maximum Gasteiger partial charge on any atom is 0.419 e. The minimum absolute atomic E-state index is 0.0556. The van der Waals surface area contributed by atoms with E-state index in [4.69, 9.17) is 56.9 Å². The number of hydrogen-bond donors (Lipinski definition) is 2. The number of benzene rings is 2. The molecule has 26 heteroatoms. The van der Waals surface area contributed by atoms with Gasteiger partial charge in [0, 0.05) is 11.4 Å². The molecule has 5 rings (SSSR count). The summed E-state index contributed by atoms with van der Waals surface area (Å²) in [6.07, 6.45) is -7.54. The van der Waals surface area contributed by atoms with Gasteiger partial charge >= 0.3 is 24.3 Å². The van der Waals surface area contributed by atoms with Crippen molar-refractivity contribution < 1.29 is 59.0 Å². The van der Waals surface area contributed by atoms with Gasteiger partial charge in [-0.25, -0.2) is 28.3 Å². The third kappa shape index (κ3) is 14.1. The number of nitrogens with one attached hydrogen (secondary N) is 1. The van der Waals surface area contributed by atoms with E-state index in [1.165, 1.54) is 56.2 Å². The summed E-state index contributed by atoms with van der Waals surface area (Å²) in [6.45, 7) is 6.24. The number of methoxy groups -OCH3 is 2. The van der Waals surface area contributed by atoms with Crippen LogP contribution in [0.4, 0.5) is 57.9 Å². The van der Waals surface area contributed by atoms with E-state index in [1.54, 1.807) is 13.8 Å². The number of hydrogen-bond acceptors (Lipinski definition) is 14. The van der Waals surface area contributed by atoms with Gasteiger partial charge in [0.1, 0.15) is 34.9 Å². The third-order valence-corrected chi connectivity index (χ3v) is 8.62. The number of pyridine rings is 2. The Hall–Kier alpha value is -6.78. The van der Waals surface area contributed by atoms with Crippen LogP contribution in [0, 0.1) is 45.6 Å². The highest BCUT2D eigenvalue weighted by atomic mass is 35.5. The SMILES string of the molecule is COC(=O)c1ccc(N2C(=S)N(c3cnc(C#N)c(C(F)(F)F)c3)C(=O)C2(C)C)cc1F.COC(=O)c1ccc(NC(C)(C)C#N)cc1F.N#Cc1ncc(N)cc1C(F)(F)F.S=C(Cl)Cl. The number of alkyl halides is 6. The number of amides is 1. The summed E-state index contributed by atoms with van der Waals surface area (Å²) in [7, 11) is 2.28. The van der Waals surface area contributed by atoms with Gasteiger partial charge in [0.25, 0.3) is 5.91 Å². The molecule has 0 bridgehead atoms. The van der Waals surface area contributed by atoms with Crippen LogP contribution in [0.25, 0.3) is 0 Å². The molecule has 2 aromatic carbocycles. The molecule has 0 spiro atoms. The number of halogens is 10. The molecule has 3 heterocycles. The molecule has 1 aliphatic heterocycles. The Morgan fingerprint density at radius 2 is 1.26 bits per heavy atom. The van der Waals surface area contributed by atoms with E-state index >= 15 is 0 Å². The van der Waals surface area contributed by atoms with Crippen LogP contribution < -0.4 is 20.9 Å². The average molecular weight is 1000 g/mol. The Bertz CT molecular complexity index is 2660. The number of anilines is 4. The number of nitrogens with zero attached hydrogens (tertiary/aromatic N) is 7. The lowest BCUT2D eigenvalue weighted by Gasteiger charge is -2.29. The first-order valence-corrected chi connectivity index (χ1v) is 19.2. The zero-order chi connectivity index (χ0) is 50.7. The van der Waals surface area contributed by atoms with Gasteiger partial charge in [0.05, 0.1) is 66.3 Å². The van der Waals surface area contributed by atoms with Crippen LogP contribution in [0.5, 0.6) is 0 Å². The zero-order valence-electron chi connectivity index (χ0n) is 34.6. The van der Waals surface area contributed by atoms with E-state index in [1.807, 2.05) is 6.07 Å². The number of carbonyl (C=O) groups is 3. The quantitative estimate of drug-likeness (QED) is 0.0797. The molecule has 2 aromatic heterocycles. The summed E-state index contributed by atoms with van der Waals surface area (Å²) in [5, 5.41) is 28.7. The molecule has 1 saturated heterocycles. The molecule has 1 amide bonds. The number of carbonyl (C=O) groups excluding carboxylic acids is 3. The average Bonchev–Trinajstić information content (AvgIpc) is 3.40. The summed E-state index contributed by atoms with van der Waals surface area (Å²) < 4.78 is 113. The van der Waals surface area contributed by atoms with E-state index < -0.39 is 75.4 Å². The van der Waals surface area contributed by atoms with E-state index in [-0.39, 0.29) is 37.1 Å². The van der Waals surface area contributed by atoms with Gasteiger partial charge in [-0.2, -0.15) is 42.1 Å². The summed E-state index contributed by atoms with van der Waals surface area (Å²) in [5.41, 5.74) is -1.41. The van der Waals surface area contributed by atoms with Crippen molar-refractivity contribution in [2.24, 2.45) is 0 Å². The van der Waals surface area contributed by atoms with E-state index in [0.717, 1.165) is 42.6 Å². The largest absolute Gasteiger partial charge is 0.465 e. The minimum atomic E-state index is -4.89. The molecule has 0 saturated carbocycles. The van der Waals surface area contributed by atoms with E-state index in [2.05, 4.69) is 37.0 Å². The van der Waals surface area contributed by atoms with Crippen molar-refractivity contribution in [3.05, 3.63) is 106 Å². The highest BCUT2D eigenvalue weighted by Crippen LogP contribution is 2.39. The molecular weight excluding hydrogens is 974 g/mol. The monoisotopic (exact) mass is 1000 g/mol. The van der Waals surface area contributed by atoms with Crippen LogP contribution in [0.3, 0.4) is 0 Å². The van der Waals surface area contributed by atoms with Crippen molar-refractivity contribution >= 4 is 97.1 Å². The molecule has 1 fully saturated rings. The fourth-order valence-corrected chi connectivity index (χ4v) is 5.82. The molecule has 0 atom stereocenters. The van der Waals surface area contributed by atoms with Crippen molar-refractivity contribution in [3.8, 4) is 18.2 Å². The Morgan fingerprint density at radius 3 is 1.68 bits per heavy atom. The van der Waals surface area contributed by atoms with Gasteiger partial charge in [-0.15, -0.1) is 0 Å². The lowest BCUT2D eigenvalue weighted by atomic mass is 10.0.